The molecule has 0 saturated heterocycles. The van der Waals surface area contributed by atoms with Crippen LogP contribution in [0.2, 0.25) is 0 Å². The Balaban J connectivity index is 0.00000352. The summed E-state index contributed by atoms with van der Waals surface area (Å²) in [7, 11) is 0. The first-order chi connectivity index (χ1) is 13.3. The number of nitrogens with zero attached hydrogens (tertiary/aromatic N) is 1. The molecule has 0 aliphatic carbocycles. The van der Waals surface area contributed by atoms with E-state index in [2.05, 4.69) is 65.7 Å². The maximum Gasteiger partial charge on any atom is 0.123 e. The lowest BCUT2D eigenvalue weighted by molar-refractivity contribution is 0.552. The monoisotopic (exact) mass is 385 g/mol. The van der Waals surface area contributed by atoms with Gasteiger partial charge in [0.25, 0.3) is 0 Å². The molecule has 0 spiro atoms. The Labute approximate surface area is 173 Å². The highest BCUT2D eigenvalue weighted by Gasteiger charge is 2.23. The van der Waals surface area contributed by atoms with E-state index in [1.54, 1.807) is 0 Å². The Morgan fingerprint density at radius 2 is 1.57 bits per heavy atom. The lowest BCUT2D eigenvalue weighted by Gasteiger charge is -2.35. The average molecular weight is 386 g/mol. The van der Waals surface area contributed by atoms with Crippen LogP contribution >= 0.6 is 0 Å². The fourth-order valence-corrected chi connectivity index (χ4v) is 3.07. The first-order valence-corrected chi connectivity index (χ1v) is 10.5. The molecule has 1 nitrogen and oxygen atoms in total. The summed E-state index contributed by atoms with van der Waals surface area (Å²) >= 11 is 0. The molecule has 0 aliphatic heterocycles. The number of halogens is 1. The van der Waals surface area contributed by atoms with Gasteiger partial charge in [-0.15, -0.1) is 0 Å². The van der Waals surface area contributed by atoms with Gasteiger partial charge in [0.1, 0.15) is 5.82 Å². The molecule has 156 valence electrons. The molecular formula is C26H40FN. The van der Waals surface area contributed by atoms with E-state index in [-0.39, 0.29) is 11.7 Å². The molecule has 0 amide bonds. The van der Waals surface area contributed by atoms with E-state index in [1.807, 2.05) is 32.1 Å². The number of anilines is 1. The lowest BCUT2D eigenvalue weighted by atomic mass is 9.95. The predicted octanol–water partition coefficient (Wildman–Crippen LogP) is 8.67. The Hall–Kier alpha value is -2.09. The van der Waals surface area contributed by atoms with Crippen LogP contribution in [-0.4, -0.2) is 0 Å². The zero-order valence-electron chi connectivity index (χ0n) is 19.3. The maximum absolute atomic E-state index is 13.5. The van der Waals surface area contributed by atoms with Crippen molar-refractivity contribution in [3.8, 4) is 0 Å². The molecule has 0 aromatic heterocycles. The molecule has 0 bridgehead atoms. The summed E-state index contributed by atoms with van der Waals surface area (Å²) in [6.45, 7) is 25.3. The van der Waals surface area contributed by atoms with E-state index < -0.39 is 0 Å². The number of benzene rings is 1. The van der Waals surface area contributed by atoms with Crippen molar-refractivity contribution in [3.05, 3.63) is 77.9 Å². The smallest absolute Gasteiger partial charge is 0.123 e. The van der Waals surface area contributed by atoms with Gasteiger partial charge in [0.05, 0.1) is 0 Å². The summed E-state index contributed by atoms with van der Waals surface area (Å²) < 4.78 is 13.5. The van der Waals surface area contributed by atoms with Crippen molar-refractivity contribution < 1.29 is 4.39 Å². The van der Waals surface area contributed by atoms with E-state index in [0.717, 1.165) is 35.5 Å². The first-order valence-electron chi connectivity index (χ1n) is 10.5. The normalized spacial score (nSPS) is 11.0. The molecule has 0 fully saturated rings. The minimum absolute atomic E-state index is 0.229. The van der Waals surface area contributed by atoms with Crippen LogP contribution in [0.5, 0.6) is 0 Å². The van der Waals surface area contributed by atoms with Crippen LogP contribution in [0.1, 0.15) is 68.2 Å². The fraction of sp³-hybridized carbons (Fsp3) is 0.462. The highest BCUT2D eigenvalue weighted by atomic mass is 19.1. The first kappa shape index (κ1) is 25.9. The Morgan fingerprint density at radius 3 is 1.93 bits per heavy atom. The van der Waals surface area contributed by atoms with Crippen molar-refractivity contribution >= 4 is 5.69 Å². The van der Waals surface area contributed by atoms with Crippen molar-refractivity contribution in [2.24, 2.45) is 11.8 Å². The van der Waals surface area contributed by atoms with E-state index in [1.165, 1.54) is 17.7 Å². The molecule has 1 aromatic carbocycles. The number of hydrogen-bond donors (Lipinski definition) is 0. The van der Waals surface area contributed by atoms with Crippen LogP contribution < -0.4 is 4.90 Å². The van der Waals surface area contributed by atoms with Crippen molar-refractivity contribution in [1.29, 1.82) is 0 Å². The van der Waals surface area contributed by atoms with Crippen LogP contribution in [0.4, 0.5) is 10.1 Å². The quantitative estimate of drug-likeness (QED) is 0.384. The summed E-state index contributed by atoms with van der Waals surface area (Å²) in [6.07, 6.45) is 6.12. The van der Waals surface area contributed by atoms with Crippen LogP contribution in [0, 0.1) is 17.7 Å². The third kappa shape index (κ3) is 7.14. The summed E-state index contributed by atoms with van der Waals surface area (Å²) in [5, 5.41) is 0. The van der Waals surface area contributed by atoms with Gasteiger partial charge >= 0.3 is 0 Å². The molecule has 28 heavy (non-hydrogen) atoms. The predicted molar refractivity (Wildman–Crippen MR) is 125 cm³/mol. The second kappa shape index (κ2) is 13.1. The van der Waals surface area contributed by atoms with Crippen LogP contribution in [0.3, 0.4) is 0 Å². The van der Waals surface area contributed by atoms with E-state index in [4.69, 9.17) is 0 Å². The second-order valence-corrected chi connectivity index (χ2v) is 7.20. The van der Waals surface area contributed by atoms with Gasteiger partial charge in [-0.05, 0) is 74.4 Å². The zero-order chi connectivity index (χ0) is 21.9. The molecule has 0 atom stereocenters. The maximum atomic E-state index is 13.5. The summed E-state index contributed by atoms with van der Waals surface area (Å²) in [6, 6.07) is 6.68. The third-order valence-electron chi connectivity index (χ3n) is 4.78. The molecule has 0 N–H and O–H groups in total. The standard InChI is InChI=1S/C24H34FN.C2H6/c1-9-20(10-2)19(8)26(23-14-12-22(25)13-15-23)24(18(6)7)16-21(11-3)17(4)5;1-2/h11-16,18,20H,3,8-10H2,1-2,4-7H3;1-2H3/b24-16+;. The summed E-state index contributed by atoms with van der Waals surface area (Å²) in [4.78, 5) is 2.20. The van der Waals surface area contributed by atoms with Crippen molar-refractivity contribution in [2.75, 3.05) is 4.90 Å². The Morgan fingerprint density at radius 1 is 1.07 bits per heavy atom. The third-order valence-corrected chi connectivity index (χ3v) is 4.78. The SMILES string of the molecule is C=CC(/C=C(\C(C)C)N(C(=C)C(CC)CC)c1ccc(F)cc1)=C(C)C.CC. The molecule has 1 aromatic rings. The van der Waals surface area contributed by atoms with Gasteiger partial charge in [0.2, 0.25) is 0 Å². The van der Waals surface area contributed by atoms with Gasteiger partial charge in [0, 0.05) is 17.1 Å². The number of rotatable bonds is 9. The van der Waals surface area contributed by atoms with Crippen molar-refractivity contribution in [3.63, 3.8) is 0 Å². The molecule has 0 unspecified atom stereocenters. The zero-order valence-corrected chi connectivity index (χ0v) is 19.3. The summed E-state index contributed by atoms with van der Waals surface area (Å²) in [5.74, 6) is 0.426. The van der Waals surface area contributed by atoms with Crippen LogP contribution in [0.15, 0.2) is 72.1 Å². The molecule has 2 heteroatoms. The minimum atomic E-state index is -0.229. The van der Waals surface area contributed by atoms with Gasteiger partial charge in [-0.2, -0.15) is 0 Å². The minimum Gasteiger partial charge on any atom is -0.318 e. The highest BCUT2D eigenvalue weighted by Crippen LogP contribution is 2.34. The second-order valence-electron chi connectivity index (χ2n) is 7.20. The van der Waals surface area contributed by atoms with Crippen LogP contribution in [0.25, 0.3) is 0 Å². The molecule has 0 aliphatic rings. The van der Waals surface area contributed by atoms with Gasteiger partial charge in [-0.1, -0.05) is 66.3 Å². The van der Waals surface area contributed by atoms with E-state index in [9.17, 15) is 4.39 Å². The Kier molecular flexibility index (Phi) is 12.2. The number of hydrogen-bond acceptors (Lipinski definition) is 1. The molecule has 0 heterocycles. The fourth-order valence-electron chi connectivity index (χ4n) is 3.07. The number of allylic oxidation sites excluding steroid dienone is 6. The lowest BCUT2D eigenvalue weighted by Crippen LogP contribution is -2.28. The highest BCUT2D eigenvalue weighted by molar-refractivity contribution is 5.60. The van der Waals surface area contributed by atoms with Crippen molar-refractivity contribution in [2.45, 2.75) is 68.2 Å². The van der Waals surface area contributed by atoms with E-state index in [0.29, 0.717) is 5.92 Å². The van der Waals surface area contributed by atoms with Crippen molar-refractivity contribution in [1.82, 2.24) is 0 Å². The Bertz CT molecular complexity index is 669. The van der Waals surface area contributed by atoms with E-state index >= 15 is 0 Å². The van der Waals surface area contributed by atoms with Gasteiger partial charge in [-0.3, -0.25) is 0 Å². The molecule has 1 rings (SSSR count). The summed E-state index contributed by atoms with van der Waals surface area (Å²) in [5.41, 5.74) is 5.47. The van der Waals surface area contributed by atoms with Gasteiger partial charge in [0.15, 0.2) is 0 Å². The average Bonchev–Trinajstić information content (AvgIpc) is 2.68. The largest absolute Gasteiger partial charge is 0.318 e. The van der Waals surface area contributed by atoms with Gasteiger partial charge < -0.3 is 4.90 Å². The molecule has 0 saturated carbocycles. The van der Waals surface area contributed by atoms with Crippen LogP contribution in [-0.2, 0) is 0 Å². The topological polar surface area (TPSA) is 3.24 Å². The molecular weight excluding hydrogens is 345 g/mol. The molecule has 0 radical (unpaired) electrons. The van der Waals surface area contributed by atoms with Gasteiger partial charge in [-0.25, -0.2) is 4.39 Å².